The number of β-amino-alcohol motifs (C(OH)–C–C–N with tert-alkyl or cyclic N) is 1. The van der Waals surface area contributed by atoms with E-state index in [0.717, 1.165) is 17.7 Å². The summed E-state index contributed by atoms with van der Waals surface area (Å²) in [6, 6.07) is 6.32. The van der Waals surface area contributed by atoms with Gasteiger partial charge < -0.3 is 15.2 Å². The molecule has 1 aliphatic carbocycles. The van der Waals surface area contributed by atoms with Gasteiger partial charge in [-0.2, -0.15) is 0 Å². The van der Waals surface area contributed by atoms with Crippen molar-refractivity contribution in [3.8, 4) is 5.75 Å². The molecular weight excluding hydrogens is 320 g/mol. The standard InChI is InChI=1S/C16H19ClN2O4/c17-11-3-5-13(6-4-11)23-10-12(20)9-19-14(21)16(18-15(19)22)7-1-2-8-16/h3-6,12,20H,1-2,7-10H2,(H,18,22). The normalized spacial score (nSPS) is 20.9. The molecule has 0 aromatic heterocycles. The molecule has 6 nitrogen and oxygen atoms in total. The molecule has 2 aliphatic rings. The molecule has 124 valence electrons. The zero-order valence-electron chi connectivity index (χ0n) is 12.6. The first-order valence-electron chi connectivity index (χ1n) is 7.71. The third kappa shape index (κ3) is 3.28. The van der Waals surface area contributed by atoms with Crippen molar-refractivity contribution in [2.45, 2.75) is 37.3 Å². The van der Waals surface area contributed by atoms with Crippen molar-refractivity contribution in [1.82, 2.24) is 10.2 Å². The number of aliphatic hydroxyl groups excluding tert-OH is 1. The molecule has 7 heteroatoms. The Balaban J connectivity index is 1.55. The Bertz CT molecular complexity index is 599. The molecule has 1 atom stereocenters. The lowest BCUT2D eigenvalue weighted by Crippen LogP contribution is -2.45. The number of benzene rings is 1. The molecule has 1 heterocycles. The van der Waals surface area contributed by atoms with Gasteiger partial charge in [-0.15, -0.1) is 0 Å². The fraction of sp³-hybridized carbons (Fsp3) is 0.500. The Labute approximate surface area is 139 Å². The van der Waals surface area contributed by atoms with Crippen molar-refractivity contribution in [1.29, 1.82) is 0 Å². The van der Waals surface area contributed by atoms with Gasteiger partial charge in [-0.3, -0.25) is 9.69 Å². The molecule has 3 rings (SSSR count). The number of aliphatic hydroxyl groups is 1. The van der Waals surface area contributed by atoms with Crippen LogP contribution in [-0.4, -0.2) is 46.7 Å². The molecule has 1 spiro atoms. The number of urea groups is 1. The van der Waals surface area contributed by atoms with Crippen molar-refractivity contribution in [2.24, 2.45) is 0 Å². The van der Waals surface area contributed by atoms with E-state index in [2.05, 4.69) is 5.32 Å². The fourth-order valence-electron chi connectivity index (χ4n) is 3.15. The number of rotatable bonds is 5. The maximum atomic E-state index is 12.5. The van der Waals surface area contributed by atoms with Crippen LogP contribution in [0.3, 0.4) is 0 Å². The lowest BCUT2D eigenvalue weighted by molar-refractivity contribution is -0.132. The lowest BCUT2D eigenvalue weighted by Gasteiger charge is -2.21. The van der Waals surface area contributed by atoms with Crippen molar-refractivity contribution >= 4 is 23.5 Å². The molecule has 1 saturated heterocycles. The highest BCUT2D eigenvalue weighted by molar-refractivity contribution is 6.30. The van der Waals surface area contributed by atoms with Gasteiger partial charge in [0.1, 0.15) is 24.0 Å². The average molecular weight is 339 g/mol. The summed E-state index contributed by atoms with van der Waals surface area (Å²) in [6.07, 6.45) is 2.26. The predicted molar refractivity (Wildman–Crippen MR) is 84.4 cm³/mol. The quantitative estimate of drug-likeness (QED) is 0.804. The summed E-state index contributed by atoms with van der Waals surface area (Å²) in [5.74, 6) is 0.337. The van der Waals surface area contributed by atoms with Gasteiger partial charge in [0.2, 0.25) is 0 Å². The van der Waals surface area contributed by atoms with Crippen LogP contribution in [-0.2, 0) is 4.79 Å². The second-order valence-electron chi connectivity index (χ2n) is 6.05. The molecule has 2 N–H and O–H groups in total. The Morgan fingerprint density at radius 2 is 1.91 bits per heavy atom. The Kier molecular flexibility index (Phi) is 4.46. The molecule has 1 aromatic rings. The topological polar surface area (TPSA) is 78.9 Å². The predicted octanol–water partition coefficient (Wildman–Crippen LogP) is 1.94. The number of halogens is 1. The second-order valence-corrected chi connectivity index (χ2v) is 6.49. The number of hydrogen-bond donors (Lipinski definition) is 2. The second kappa shape index (κ2) is 6.37. The Morgan fingerprint density at radius 3 is 2.57 bits per heavy atom. The van der Waals surface area contributed by atoms with Gasteiger partial charge in [0.05, 0.1) is 6.54 Å². The van der Waals surface area contributed by atoms with E-state index in [0.29, 0.717) is 23.6 Å². The fourth-order valence-corrected chi connectivity index (χ4v) is 3.27. The number of nitrogens with one attached hydrogen (secondary N) is 1. The van der Waals surface area contributed by atoms with E-state index in [4.69, 9.17) is 16.3 Å². The molecule has 1 aromatic carbocycles. The minimum absolute atomic E-state index is 0.00824. The van der Waals surface area contributed by atoms with Crippen LogP contribution in [0.15, 0.2) is 24.3 Å². The van der Waals surface area contributed by atoms with Crippen LogP contribution in [0.5, 0.6) is 5.75 Å². The molecule has 23 heavy (non-hydrogen) atoms. The van der Waals surface area contributed by atoms with E-state index >= 15 is 0 Å². The molecule has 1 saturated carbocycles. The third-order valence-electron chi connectivity index (χ3n) is 4.35. The van der Waals surface area contributed by atoms with Gasteiger partial charge in [0, 0.05) is 5.02 Å². The summed E-state index contributed by atoms with van der Waals surface area (Å²) < 4.78 is 5.44. The van der Waals surface area contributed by atoms with E-state index in [9.17, 15) is 14.7 Å². The van der Waals surface area contributed by atoms with Crippen molar-refractivity contribution in [3.05, 3.63) is 29.3 Å². The number of carbonyl (C=O) groups excluding carboxylic acids is 2. The maximum Gasteiger partial charge on any atom is 0.325 e. The molecule has 3 amide bonds. The highest BCUT2D eigenvalue weighted by Gasteiger charge is 2.52. The van der Waals surface area contributed by atoms with Gasteiger partial charge in [-0.1, -0.05) is 24.4 Å². The minimum atomic E-state index is -0.947. The zero-order chi connectivity index (χ0) is 16.4. The van der Waals surface area contributed by atoms with Crippen LogP contribution in [0.2, 0.25) is 5.02 Å². The number of carbonyl (C=O) groups is 2. The first-order valence-corrected chi connectivity index (χ1v) is 8.08. The number of nitrogens with zero attached hydrogens (tertiary/aromatic N) is 1. The van der Waals surface area contributed by atoms with Gasteiger partial charge in [0.15, 0.2) is 0 Å². The van der Waals surface area contributed by atoms with Crippen molar-refractivity contribution in [2.75, 3.05) is 13.2 Å². The van der Waals surface area contributed by atoms with Crippen LogP contribution in [0, 0.1) is 0 Å². The van der Waals surface area contributed by atoms with E-state index in [1.165, 1.54) is 0 Å². The first kappa shape index (κ1) is 16.1. The van der Waals surface area contributed by atoms with Gasteiger partial charge in [-0.05, 0) is 37.1 Å². The molecule has 1 aliphatic heterocycles. The Morgan fingerprint density at radius 1 is 1.26 bits per heavy atom. The summed E-state index contributed by atoms with van der Waals surface area (Å²) in [7, 11) is 0. The SMILES string of the molecule is O=C1NC2(CCCC2)C(=O)N1CC(O)COc1ccc(Cl)cc1. The van der Waals surface area contributed by atoms with Crippen LogP contribution < -0.4 is 10.1 Å². The smallest absolute Gasteiger partial charge is 0.325 e. The lowest BCUT2D eigenvalue weighted by atomic mass is 9.98. The van der Waals surface area contributed by atoms with Crippen LogP contribution in [0.25, 0.3) is 0 Å². The van der Waals surface area contributed by atoms with Crippen LogP contribution in [0.1, 0.15) is 25.7 Å². The number of amides is 3. The van der Waals surface area contributed by atoms with E-state index in [1.54, 1.807) is 24.3 Å². The highest BCUT2D eigenvalue weighted by atomic mass is 35.5. The van der Waals surface area contributed by atoms with Crippen LogP contribution >= 0.6 is 11.6 Å². The van der Waals surface area contributed by atoms with Crippen LogP contribution in [0.4, 0.5) is 4.79 Å². The Hall–Kier alpha value is -1.79. The maximum absolute atomic E-state index is 12.5. The van der Waals surface area contributed by atoms with Crippen molar-refractivity contribution in [3.63, 3.8) is 0 Å². The van der Waals surface area contributed by atoms with Gasteiger partial charge in [-0.25, -0.2) is 4.79 Å². The van der Waals surface area contributed by atoms with Gasteiger partial charge >= 0.3 is 6.03 Å². The monoisotopic (exact) mass is 338 g/mol. The highest BCUT2D eigenvalue weighted by Crippen LogP contribution is 2.35. The molecule has 0 radical (unpaired) electrons. The largest absolute Gasteiger partial charge is 0.491 e. The van der Waals surface area contributed by atoms with Gasteiger partial charge in [0.25, 0.3) is 5.91 Å². The summed E-state index contributed by atoms with van der Waals surface area (Å²) in [5, 5.41) is 13.4. The van der Waals surface area contributed by atoms with E-state index < -0.39 is 17.7 Å². The molecule has 2 fully saturated rings. The first-order chi connectivity index (χ1) is 11.0. The number of hydrogen-bond acceptors (Lipinski definition) is 4. The van der Waals surface area contributed by atoms with E-state index in [-0.39, 0.29) is 19.1 Å². The number of imide groups is 1. The summed E-state index contributed by atoms with van der Waals surface area (Å²) in [4.78, 5) is 25.6. The van der Waals surface area contributed by atoms with E-state index in [1.807, 2.05) is 0 Å². The summed E-state index contributed by atoms with van der Waals surface area (Å²) >= 11 is 5.79. The number of ether oxygens (including phenoxy) is 1. The average Bonchev–Trinajstić information content (AvgIpc) is 3.08. The zero-order valence-corrected chi connectivity index (χ0v) is 13.4. The third-order valence-corrected chi connectivity index (χ3v) is 4.60. The molecule has 0 bridgehead atoms. The minimum Gasteiger partial charge on any atom is -0.491 e. The summed E-state index contributed by atoms with van der Waals surface area (Å²) in [5.41, 5.74) is -0.742. The summed E-state index contributed by atoms with van der Waals surface area (Å²) in [6.45, 7) is -0.0777. The van der Waals surface area contributed by atoms with Crippen molar-refractivity contribution < 1.29 is 19.4 Å². The molecule has 1 unspecified atom stereocenters. The molecular formula is C16H19ClN2O4.